The molecule has 6 heteroatoms. The Morgan fingerprint density at radius 3 is 2.88 bits per heavy atom. The van der Waals surface area contributed by atoms with Crippen molar-refractivity contribution in [3.8, 4) is 5.75 Å². The van der Waals surface area contributed by atoms with Gasteiger partial charge in [-0.3, -0.25) is 9.59 Å². The second-order valence-electron chi connectivity index (χ2n) is 6.23. The summed E-state index contributed by atoms with van der Waals surface area (Å²) in [6.07, 6.45) is 0.432. The normalized spacial score (nSPS) is 20.2. The topological polar surface area (TPSA) is 82.6 Å². The van der Waals surface area contributed by atoms with Crippen molar-refractivity contribution >= 4 is 5.91 Å². The maximum Gasteiger partial charge on any atom is 0.270 e. The molecule has 1 unspecified atom stereocenters. The predicted octanol–water partition coefficient (Wildman–Crippen LogP) is 1.34. The van der Waals surface area contributed by atoms with E-state index in [9.17, 15) is 14.7 Å². The summed E-state index contributed by atoms with van der Waals surface area (Å²) in [5.74, 6) is 0.403. The van der Waals surface area contributed by atoms with Crippen LogP contribution in [0.4, 0.5) is 0 Å². The third-order valence-corrected chi connectivity index (χ3v) is 4.12. The third-order valence-electron chi connectivity index (χ3n) is 4.12. The van der Waals surface area contributed by atoms with Crippen molar-refractivity contribution in [1.82, 2.24) is 9.88 Å². The number of aryl methyl sites for hydroxylation is 1. The number of nitrogens with one attached hydrogen (secondary N) is 1. The Labute approximate surface area is 139 Å². The first kappa shape index (κ1) is 16.3. The van der Waals surface area contributed by atoms with Crippen molar-refractivity contribution in [2.45, 2.75) is 18.9 Å². The first-order chi connectivity index (χ1) is 11.5. The molecular formula is C18H20N2O4. The summed E-state index contributed by atoms with van der Waals surface area (Å²) in [6.45, 7) is 2.68. The largest absolute Gasteiger partial charge is 0.491 e. The molecule has 1 atom stereocenters. The molecule has 1 fully saturated rings. The summed E-state index contributed by atoms with van der Waals surface area (Å²) >= 11 is 0. The lowest BCUT2D eigenvalue weighted by Crippen LogP contribution is -2.41. The van der Waals surface area contributed by atoms with Gasteiger partial charge in [-0.15, -0.1) is 0 Å². The number of hydrogen-bond acceptors (Lipinski definition) is 4. The van der Waals surface area contributed by atoms with E-state index in [2.05, 4.69) is 4.98 Å². The van der Waals surface area contributed by atoms with Crippen molar-refractivity contribution in [3.05, 3.63) is 64.1 Å². The number of aromatic amines is 1. The zero-order valence-corrected chi connectivity index (χ0v) is 13.5. The van der Waals surface area contributed by atoms with Crippen molar-refractivity contribution in [3.63, 3.8) is 0 Å². The summed E-state index contributed by atoms with van der Waals surface area (Å²) in [6, 6.07) is 12.0. The van der Waals surface area contributed by atoms with E-state index < -0.39 is 5.60 Å². The number of benzene rings is 1. The van der Waals surface area contributed by atoms with Crippen molar-refractivity contribution < 1.29 is 14.6 Å². The predicted molar refractivity (Wildman–Crippen MR) is 89.2 cm³/mol. The van der Waals surface area contributed by atoms with E-state index >= 15 is 0 Å². The molecule has 2 N–H and O–H groups in total. The first-order valence-corrected chi connectivity index (χ1v) is 7.86. The number of amides is 1. The molecule has 24 heavy (non-hydrogen) atoms. The van der Waals surface area contributed by atoms with Crippen LogP contribution in [-0.2, 0) is 0 Å². The highest BCUT2D eigenvalue weighted by atomic mass is 16.5. The number of β-amino-alcohol motifs (C(OH)–C–C–N with tert-alkyl or cyclic N) is 1. The molecule has 1 aliphatic heterocycles. The molecule has 0 spiro atoms. The van der Waals surface area contributed by atoms with Crippen molar-refractivity contribution in [2.24, 2.45) is 0 Å². The third kappa shape index (κ3) is 3.65. The lowest BCUT2D eigenvalue weighted by molar-refractivity contribution is 0.00423. The molecule has 2 heterocycles. The van der Waals surface area contributed by atoms with Gasteiger partial charge in [0, 0.05) is 12.6 Å². The lowest BCUT2D eigenvalue weighted by Gasteiger charge is -2.23. The van der Waals surface area contributed by atoms with Gasteiger partial charge >= 0.3 is 0 Å². The Kier molecular flexibility index (Phi) is 4.40. The summed E-state index contributed by atoms with van der Waals surface area (Å²) < 4.78 is 5.68. The van der Waals surface area contributed by atoms with Crippen LogP contribution in [0.25, 0.3) is 0 Å². The van der Waals surface area contributed by atoms with Crippen LogP contribution in [0.2, 0.25) is 0 Å². The number of carbonyl (C=O) groups excluding carboxylic acids is 1. The van der Waals surface area contributed by atoms with E-state index in [0.29, 0.717) is 18.7 Å². The molecule has 126 valence electrons. The van der Waals surface area contributed by atoms with E-state index in [0.717, 1.165) is 5.56 Å². The second-order valence-corrected chi connectivity index (χ2v) is 6.23. The zero-order chi connectivity index (χ0) is 17.2. The van der Waals surface area contributed by atoms with Crippen LogP contribution in [0.1, 0.15) is 22.5 Å². The molecule has 1 aromatic heterocycles. The number of nitrogens with zero attached hydrogens (tertiary/aromatic N) is 1. The highest BCUT2D eigenvalue weighted by molar-refractivity contribution is 5.92. The van der Waals surface area contributed by atoms with Crippen LogP contribution in [0, 0.1) is 6.92 Å². The highest BCUT2D eigenvalue weighted by Crippen LogP contribution is 2.24. The quantitative estimate of drug-likeness (QED) is 0.887. The SMILES string of the molecule is Cc1cccc(OCC2(O)CCN(C(=O)c3cccc(=O)[nH]3)C2)c1. The first-order valence-electron chi connectivity index (χ1n) is 7.86. The maximum atomic E-state index is 12.4. The molecule has 0 saturated carbocycles. The van der Waals surface area contributed by atoms with Crippen LogP contribution in [0.5, 0.6) is 5.75 Å². The van der Waals surface area contributed by atoms with E-state index in [1.807, 2.05) is 31.2 Å². The number of pyridine rings is 1. The smallest absolute Gasteiger partial charge is 0.270 e. The van der Waals surface area contributed by atoms with Crippen LogP contribution in [0.3, 0.4) is 0 Å². The monoisotopic (exact) mass is 328 g/mol. The van der Waals surface area contributed by atoms with Gasteiger partial charge in [-0.25, -0.2) is 0 Å². The molecule has 1 aliphatic rings. The molecular weight excluding hydrogens is 308 g/mol. The number of aliphatic hydroxyl groups is 1. The molecule has 0 bridgehead atoms. The second kappa shape index (κ2) is 6.49. The van der Waals surface area contributed by atoms with Gasteiger partial charge in [0.05, 0.1) is 6.54 Å². The number of H-pyrrole nitrogens is 1. The van der Waals surface area contributed by atoms with E-state index in [1.54, 1.807) is 6.07 Å². The fraction of sp³-hybridized carbons (Fsp3) is 0.333. The number of rotatable bonds is 4. The average molecular weight is 328 g/mol. The van der Waals surface area contributed by atoms with Gasteiger partial charge in [0.1, 0.15) is 23.7 Å². The molecule has 1 amide bonds. The zero-order valence-electron chi connectivity index (χ0n) is 13.5. The highest BCUT2D eigenvalue weighted by Gasteiger charge is 2.39. The molecule has 2 aromatic rings. The van der Waals surface area contributed by atoms with Gasteiger partial charge in [0.2, 0.25) is 5.56 Å². The van der Waals surface area contributed by atoms with Gasteiger partial charge in [-0.05, 0) is 37.1 Å². The van der Waals surface area contributed by atoms with Crippen LogP contribution in [0.15, 0.2) is 47.3 Å². The van der Waals surface area contributed by atoms with Gasteiger partial charge < -0.3 is 19.7 Å². The Morgan fingerprint density at radius 2 is 2.12 bits per heavy atom. The summed E-state index contributed by atoms with van der Waals surface area (Å²) in [5, 5.41) is 10.7. The molecule has 0 aliphatic carbocycles. The molecule has 1 saturated heterocycles. The van der Waals surface area contributed by atoms with Crippen LogP contribution in [-0.4, -0.2) is 46.2 Å². The molecule has 6 nitrogen and oxygen atoms in total. The fourth-order valence-electron chi connectivity index (χ4n) is 2.81. The molecule has 0 radical (unpaired) electrons. The van der Waals surface area contributed by atoms with Gasteiger partial charge in [0.15, 0.2) is 0 Å². The van der Waals surface area contributed by atoms with E-state index in [1.165, 1.54) is 17.0 Å². The minimum Gasteiger partial charge on any atom is -0.491 e. The summed E-state index contributed by atoms with van der Waals surface area (Å²) in [7, 11) is 0. The van der Waals surface area contributed by atoms with Gasteiger partial charge in [0.25, 0.3) is 5.91 Å². The van der Waals surface area contributed by atoms with Crippen LogP contribution >= 0.6 is 0 Å². The number of likely N-dealkylation sites (tertiary alicyclic amines) is 1. The Balaban J connectivity index is 1.63. The number of ether oxygens (including phenoxy) is 1. The Hall–Kier alpha value is -2.60. The number of carbonyl (C=O) groups is 1. The molecule has 1 aromatic carbocycles. The summed E-state index contributed by atoms with van der Waals surface area (Å²) in [4.78, 5) is 27.8. The lowest BCUT2D eigenvalue weighted by atomic mass is 10.1. The van der Waals surface area contributed by atoms with Crippen molar-refractivity contribution in [1.29, 1.82) is 0 Å². The Bertz CT molecular complexity index is 801. The van der Waals surface area contributed by atoms with Crippen LogP contribution < -0.4 is 10.3 Å². The molecule has 3 rings (SSSR count). The minimum atomic E-state index is -1.09. The van der Waals surface area contributed by atoms with Gasteiger partial charge in [-0.1, -0.05) is 18.2 Å². The number of hydrogen-bond donors (Lipinski definition) is 2. The number of aromatic nitrogens is 1. The fourth-order valence-corrected chi connectivity index (χ4v) is 2.81. The standard InChI is InChI=1S/C18H20N2O4/c1-13-4-2-5-14(10-13)24-12-18(23)8-9-20(11-18)17(22)15-6-3-7-16(21)19-15/h2-7,10,23H,8-9,11-12H2,1H3,(H,19,21). The van der Waals surface area contributed by atoms with E-state index in [-0.39, 0.29) is 30.3 Å². The van der Waals surface area contributed by atoms with E-state index in [4.69, 9.17) is 4.74 Å². The Morgan fingerprint density at radius 1 is 1.33 bits per heavy atom. The maximum absolute atomic E-state index is 12.4. The van der Waals surface area contributed by atoms with Crippen molar-refractivity contribution in [2.75, 3.05) is 19.7 Å². The van der Waals surface area contributed by atoms with Gasteiger partial charge in [-0.2, -0.15) is 0 Å². The minimum absolute atomic E-state index is 0.117. The summed E-state index contributed by atoms with van der Waals surface area (Å²) in [5.41, 5.74) is -0.103. The average Bonchev–Trinajstić information content (AvgIpc) is 2.95.